The van der Waals surface area contributed by atoms with Crippen LogP contribution in [-0.4, -0.2) is 65.7 Å². The van der Waals surface area contributed by atoms with E-state index in [4.69, 9.17) is 14.0 Å². The van der Waals surface area contributed by atoms with Gasteiger partial charge in [-0.05, 0) is 68.2 Å². The third-order valence-corrected chi connectivity index (χ3v) is 5.30. The molecule has 1 aliphatic rings. The number of rotatable bonds is 6. The molecule has 2 atom stereocenters. The maximum absolute atomic E-state index is 12.9. The summed E-state index contributed by atoms with van der Waals surface area (Å²) in [5.41, 5.74) is 0.784. The van der Waals surface area contributed by atoms with E-state index in [-0.39, 0.29) is 18.2 Å². The first-order valence-corrected chi connectivity index (χ1v) is 10.9. The van der Waals surface area contributed by atoms with Crippen LogP contribution in [-0.2, 0) is 15.9 Å². The smallest absolute Gasteiger partial charge is 0.412 e. The first kappa shape index (κ1) is 25.0. The van der Waals surface area contributed by atoms with Crippen LogP contribution >= 0.6 is 0 Å². The van der Waals surface area contributed by atoms with E-state index in [1.807, 2.05) is 55.4 Å². The fourth-order valence-corrected chi connectivity index (χ4v) is 3.88. The van der Waals surface area contributed by atoms with E-state index in [1.165, 1.54) is 0 Å². The highest BCUT2D eigenvalue weighted by Gasteiger charge is 2.49. The van der Waals surface area contributed by atoms with Crippen molar-refractivity contribution in [1.82, 2.24) is 20.7 Å². The Morgan fingerprint density at radius 2 is 1.97 bits per heavy atom. The Morgan fingerprint density at radius 1 is 1.29 bits per heavy atom. The molecule has 176 valence electrons. The summed E-state index contributed by atoms with van der Waals surface area (Å²) in [6, 6.07) is -0.189. The van der Waals surface area contributed by atoms with Crippen molar-refractivity contribution < 1.29 is 18.8 Å². The molecule has 9 heteroatoms. The molecule has 0 bridgehead atoms. The fourth-order valence-electron chi connectivity index (χ4n) is 3.88. The second-order valence-electron chi connectivity index (χ2n) is 9.47. The molecule has 1 amide bonds. The maximum Gasteiger partial charge on any atom is 0.412 e. The zero-order valence-electron chi connectivity index (χ0n) is 20.5. The van der Waals surface area contributed by atoms with Crippen LogP contribution in [0.4, 0.5) is 4.79 Å². The van der Waals surface area contributed by atoms with Crippen molar-refractivity contribution in [2.45, 2.75) is 91.7 Å². The first-order chi connectivity index (χ1) is 14.4. The van der Waals surface area contributed by atoms with E-state index in [9.17, 15) is 4.79 Å². The third kappa shape index (κ3) is 6.59. The van der Waals surface area contributed by atoms with Gasteiger partial charge in [0.25, 0.3) is 0 Å². The molecule has 0 aromatic carbocycles. The average molecular weight is 438 g/mol. The summed E-state index contributed by atoms with van der Waals surface area (Å²) in [4.78, 5) is 18.8. The van der Waals surface area contributed by atoms with Crippen molar-refractivity contribution in [3.8, 4) is 0 Å². The van der Waals surface area contributed by atoms with Crippen LogP contribution in [0, 0.1) is 13.8 Å². The number of hydrogen-bond acceptors (Lipinski definition) is 6. The van der Waals surface area contributed by atoms with E-state index in [1.54, 1.807) is 11.9 Å². The topological polar surface area (TPSA) is 101 Å². The number of aromatic nitrogens is 1. The number of aryl methyl sites for hydroxylation is 2. The lowest BCUT2D eigenvalue weighted by Crippen LogP contribution is -2.54. The number of carbonyl (C=O) groups excluding carboxylic acids is 1. The zero-order valence-corrected chi connectivity index (χ0v) is 20.5. The maximum atomic E-state index is 12.9. The zero-order chi connectivity index (χ0) is 23.4. The number of amides is 1. The van der Waals surface area contributed by atoms with E-state index in [2.05, 4.69) is 20.8 Å². The highest BCUT2D eigenvalue weighted by Crippen LogP contribution is 2.33. The standard InChI is InChI=1S/C22H39N5O4/c1-14-17(15(2)31-26-14)11-10-12-24-19(23-9)25-13-18-16(3)29-22(7,8)27(18)20(28)30-21(4,5)6/h16,18H,10-13H2,1-9H3,(H2,23,24,25). The van der Waals surface area contributed by atoms with Gasteiger partial charge in [0.15, 0.2) is 5.96 Å². The van der Waals surface area contributed by atoms with E-state index in [0.717, 1.165) is 36.4 Å². The minimum Gasteiger partial charge on any atom is -0.444 e. The molecule has 0 radical (unpaired) electrons. The van der Waals surface area contributed by atoms with Crippen molar-refractivity contribution >= 4 is 12.1 Å². The average Bonchev–Trinajstić information content (AvgIpc) is 3.07. The Hall–Kier alpha value is -2.29. The molecule has 0 saturated carbocycles. The predicted octanol–water partition coefficient (Wildman–Crippen LogP) is 3.15. The van der Waals surface area contributed by atoms with Crippen LogP contribution in [0.1, 0.15) is 65.0 Å². The summed E-state index contributed by atoms with van der Waals surface area (Å²) < 4.78 is 16.9. The van der Waals surface area contributed by atoms with Crippen LogP contribution in [0.15, 0.2) is 9.52 Å². The molecule has 31 heavy (non-hydrogen) atoms. The van der Waals surface area contributed by atoms with Gasteiger partial charge in [-0.3, -0.25) is 9.89 Å². The van der Waals surface area contributed by atoms with Gasteiger partial charge in [-0.1, -0.05) is 5.16 Å². The van der Waals surface area contributed by atoms with Gasteiger partial charge in [0.2, 0.25) is 0 Å². The molecule has 1 aromatic rings. The number of carbonyl (C=O) groups is 1. The minimum absolute atomic E-state index is 0.146. The summed E-state index contributed by atoms with van der Waals surface area (Å²) in [6.45, 7) is 16.5. The Morgan fingerprint density at radius 3 is 2.52 bits per heavy atom. The summed E-state index contributed by atoms with van der Waals surface area (Å²) >= 11 is 0. The van der Waals surface area contributed by atoms with E-state index < -0.39 is 11.3 Å². The Balaban J connectivity index is 1.91. The number of guanidine groups is 1. The van der Waals surface area contributed by atoms with Crippen LogP contribution in [0.3, 0.4) is 0 Å². The van der Waals surface area contributed by atoms with Gasteiger partial charge < -0.3 is 24.6 Å². The lowest BCUT2D eigenvalue weighted by atomic mass is 10.1. The van der Waals surface area contributed by atoms with Gasteiger partial charge in [0.1, 0.15) is 17.1 Å². The molecule has 1 aliphatic heterocycles. The van der Waals surface area contributed by atoms with E-state index >= 15 is 0 Å². The molecule has 1 fully saturated rings. The van der Waals surface area contributed by atoms with E-state index in [0.29, 0.717) is 12.5 Å². The predicted molar refractivity (Wildman–Crippen MR) is 120 cm³/mol. The van der Waals surface area contributed by atoms with Gasteiger partial charge in [-0.2, -0.15) is 0 Å². The van der Waals surface area contributed by atoms with Crippen LogP contribution < -0.4 is 10.6 Å². The number of nitrogens with one attached hydrogen (secondary N) is 2. The van der Waals surface area contributed by atoms with Crippen LogP contribution in [0.5, 0.6) is 0 Å². The summed E-state index contributed by atoms with van der Waals surface area (Å²) in [5, 5.41) is 10.6. The summed E-state index contributed by atoms with van der Waals surface area (Å²) in [7, 11) is 1.73. The SMILES string of the molecule is CN=C(NCCCc1c(C)noc1C)NCC1C(C)OC(C)(C)N1C(=O)OC(C)(C)C. The lowest BCUT2D eigenvalue weighted by Gasteiger charge is -2.35. The fraction of sp³-hybridized carbons (Fsp3) is 0.773. The second-order valence-corrected chi connectivity index (χ2v) is 9.47. The summed E-state index contributed by atoms with van der Waals surface area (Å²) in [6.07, 6.45) is 1.28. The van der Waals surface area contributed by atoms with Crippen molar-refractivity contribution in [1.29, 1.82) is 0 Å². The Bertz CT molecular complexity index is 762. The molecule has 2 unspecified atom stereocenters. The van der Waals surface area contributed by atoms with Crippen molar-refractivity contribution in [3.05, 3.63) is 17.0 Å². The molecule has 0 spiro atoms. The molecular weight excluding hydrogens is 398 g/mol. The monoisotopic (exact) mass is 437 g/mol. The molecule has 2 rings (SSSR count). The minimum atomic E-state index is -0.751. The Labute approximate surface area is 185 Å². The van der Waals surface area contributed by atoms with Crippen molar-refractivity contribution in [3.63, 3.8) is 0 Å². The number of hydrogen-bond donors (Lipinski definition) is 2. The van der Waals surface area contributed by atoms with Gasteiger partial charge in [0.05, 0.1) is 17.8 Å². The third-order valence-electron chi connectivity index (χ3n) is 5.30. The van der Waals surface area contributed by atoms with Gasteiger partial charge in [-0.15, -0.1) is 0 Å². The van der Waals surface area contributed by atoms with Crippen molar-refractivity contribution in [2.24, 2.45) is 4.99 Å². The molecule has 2 heterocycles. The highest BCUT2D eigenvalue weighted by molar-refractivity contribution is 5.79. The molecule has 9 nitrogen and oxygen atoms in total. The first-order valence-electron chi connectivity index (χ1n) is 10.9. The number of aliphatic imine (C=N–C) groups is 1. The van der Waals surface area contributed by atoms with Gasteiger partial charge >= 0.3 is 6.09 Å². The second kappa shape index (κ2) is 9.89. The molecule has 0 aliphatic carbocycles. The van der Waals surface area contributed by atoms with Gasteiger partial charge in [-0.25, -0.2) is 4.79 Å². The number of nitrogens with zero attached hydrogens (tertiary/aromatic N) is 3. The highest BCUT2D eigenvalue weighted by atomic mass is 16.6. The lowest BCUT2D eigenvalue weighted by molar-refractivity contribution is -0.0755. The summed E-state index contributed by atoms with van der Waals surface area (Å²) in [5.74, 6) is 1.56. The normalized spacial score (nSPS) is 21.3. The number of ether oxygens (including phenoxy) is 2. The van der Waals surface area contributed by atoms with Gasteiger partial charge in [0, 0.05) is 25.7 Å². The molecule has 2 N–H and O–H groups in total. The molecule has 1 aromatic heterocycles. The quantitative estimate of drug-likeness (QED) is 0.400. The van der Waals surface area contributed by atoms with Crippen LogP contribution in [0.25, 0.3) is 0 Å². The Kier molecular flexibility index (Phi) is 7.97. The largest absolute Gasteiger partial charge is 0.444 e. The molecular formula is C22H39N5O4. The van der Waals surface area contributed by atoms with Crippen LogP contribution in [0.2, 0.25) is 0 Å². The molecule has 1 saturated heterocycles. The van der Waals surface area contributed by atoms with Crippen molar-refractivity contribution in [2.75, 3.05) is 20.1 Å².